The zero-order chi connectivity index (χ0) is 19.6. The maximum absolute atomic E-state index is 12.4. The van der Waals surface area contributed by atoms with Gasteiger partial charge in [-0.25, -0.2) is 17.9 Å². The Bertz CT molecular complexity index is 988. The molecule has 0 aromatic carbocycles. The molecule has 0 aliphatic rings. The number of fused-ring (bicyclic) bond motifs is 1. The second-order valence-corrected chi connectivity index (χ2v) is 8.80. The summed E-state index contributed by atoms with van der Waals surface area (Å²) >= 11 is 0. The van der Waals surface area contributed by atoms with Crippen LogP contribution in [0.5, 0.6) is 0 Å². The molecule has 0 fully saturated rings. The lowest BCUT2D eigenvalue weighted by atomic mass is 10.1. The monoisotopic (exact) mass is 377 g/mol. The largest absolute Gasteiger partial charge is 0.342 e. The number of carbonyl (C=O) groups is 1. The van der Waals surface area contributed by atoms with Crippen molar-refractivity contribution in [3.05, 3.63) is 28.7 Å². The Labute approximate surface area is 153 Å². The van der Waals surface area contributed by atoms with Crippen LogP contribution in [0.4, 0.5) is 0 Å². The number of sulfone groups is 1. The molecule has 0 saturated heterocycles. The number of rotatable bonds is 6. The maximum atomic E-state index is 12.4. The van der Waals surface area contributed by atoms with Crippen LogP contribution in [-0.2, 0) is 21.1 Å². The smallest absolute Gasteiger partial charge is 0.222 e. The summed E-state index contributed by atoms with van der Waals surface area (Å²) in [5.74, 6) is -0.191. The second kappa shape index (κ2) is 7.41. The zero-order valence-electron chi connectivity index (χ0n) is 15.6. The second-order valence-electron chi connectivity index (χ2n) is 6.61. The average molecular weight is 377 g/mol. The van der Waals surface area contributed by atoms with Crippen molar-refractivity contribution >= 4 is 21.4 Å². The molecule has 9 heteroatoms. The highest BCUT2D eigenvalue weighted by atomic mass is 32.2. The van der Waals surface area contributed by atoms with E-state index in [0.29, 0.717) is 17.6 Å². The van der Waals surface area contributed by atoms with Gasteiger partial charge in [-0.1, -0.05) is 0 Å². The van der Waals surface area contributed by atoms with Crippen LogP contribution in [0.1, 0.15) is 35.9 Å². The van der Waals surface area contributed by atoms with Gasteiger partial charge < -0.3 is 4.90 Å². The predicted molar refractivity (Wildman–Crippen MR) is 97.4 cm³/mol. The molecule has 0 aliphatic carbocycles. The number of nitriles is 1. The molecule has 2 rings (SSSR count). The van der Waals surface area contributed by atoms with Crippen molar-refractivity contribution in [3.8, 4) is 6.07 Å². The molecule has 0 saturated carbocycles. The molecule has 2 aromatic heterocycles. The zero-order valence-corrected chi connectivity index (χ0v) is 16.5. The van der Waals surface area contributed by atoms with Crippen LogP contribution in [0.3, 0.4) is 0 Å². The lowest BCUT2D eigenvalue weighted by molar-refractivity contribution is -0.131. The molecule has 1 unspecified atom stereocenters. The number of carbonyl (C=O) groups excluding carboxylic acids is 1. The summed E-state index contributed by atoms with van der Waals surface area (Å²) < 4.78 is 24.4. The summed E-state index contributed by atoms with van der Waals surface area (Å²) in [5, 5.41) is 13.3. The molecule has 0 spiro atoms. The first-order valence-electron chi connectivity index (χ1n) is 8.22. The van der Waals surface area contributed by atoms with Crippen LogP contribution < -0.4 is 0 Å². The van der Waals surface area contributed by atoms with Gasteiger partial charge in [0.25, 0.3) is 0 Å². The van der Waals surface area contributed by atoms with Gasteiger partial charge in [-0.3, -0.25) is 4.79 Å². The van der Waals surface area contributed by atoms with Crippen molar-refractivity contribution < 1.29 is 13.2 Å². The molecule has 0 bridgehead atoms. The van der Waals surface area contributed by atoms with Gasteiger partial charge in [0.15, 0.2) is 5.65 Å². The minimum Gasteiger partial charge on any atom is -0.342 e. The number of aryl methyl sites for hydroxylation is 2. The maximum Gasteiger partial charge on any atom is 0.222 e. The molecule has 1 amide bonds. The van der Waals surface area contributed by atoms with Crippen molar-refractivity contribution in [1.82, 2.24) is 19.5 Å². The molecule has 2 aromatic rings. The summed E-state index contributed by atoms with van der Waals surface area (Å²) in [6, 6.07) is 1.68. The molecule has 140 valence electrons. The lowest BCUT2D eigenvalue weighted by Crippen LogP contribution is -2.39. The average Bonchev–Trinajstić information content (AvgIpc) is 2.94. The normalized spacial score (nSPS) is 12.8. The summed E-state index contributed by atoms with van der Waals surface area (Å²) in [5.41, 5.74) is 3.42. The van der Waals surface area contributed by atoms with Crippen LogP contribution in [-0.4, -0.2) is 58.9 Å². The van der Waals surface area contributed by atoms with Gasteiger partial charge in [0.1, 0.15) is 21.5 Å². The molecule has 0 aliphatic heterocycles. The first kappa shape index (κ1) is 19.8. The number of hydrogen-bond donors (Lipinski definition) is 0. The van der Waals surface area contributed by atoms with Gasteiger partial charge in [0.05, 0.1) is 11.9 Å². The first-order chi connectivity index (χ1) is 12.0. The highest BCUT2D eigenvalue weighted by molar-refractivity contribution is 7.90. The van der Waals surface area contributed by atoms with Crippen LogP contribution in [0.25, 0.3) is 5.65 Å². The van der Waals surface area contributed by atoms with E-state index < -0.39 is 9.84 Å². The Kier molecular flexibility index (Phi) is 5.66. The molecule has 0 N–H and O–H groups in total. The molecule has 2 heterocycles. The Balaban J connectivity index is 2.17. The van der Waals surface area contributed by atoms with E-state index in [1.54, 1.807) is 18.5 Å². The van der Waals surface area contributed by atoms with E-state index in [9.17, 15) is 13.2 Å². The summed E-state index contributed by atoms with van der Waals surface area (Å²) in [6.07, 6.45) is 3.35. The van der Waals surface area contributed by atoms with Crippen molar-refractivity contribution in [2.75, 3.05) is 19.1 Å². The third kappa shape index (κ3) is 4.19. The summed E-state index contributed by atoms with van der Waals surface area (Å²) in [6.45, 7) is 5.44. The fourth-order valence-corrected chi connectivity index (χ4v) is 4.06. The van der Waals surface area contributed by atoms with Gasteiger partial charge in [-0.05, 0) is 32.8 Å². The third-order valence-corrected chi connectivity index (χ3v) is 5.60. The molecule has 26 heavy (non-hydrogen) atoms. The number of hydrogen-bond acceptors (Lipinski definition) is 6. The highest BCUT2D eigenvalue weighted by Crippen LogP contribution is 2.18. The predicted octanol–water partition coefficient (Wildman–Crippen LogP) is 1.04. The van der Waals surface area contributed by atoms with Gasteiger partial charge in [0.2, 0.25) is 5.91 Å². The third-order valence-electron chi connectivity index (χ3n) is 4.52. The van der Waals surface area contributed by atoms with Crippen molar-refractivity contribution in [1.29, 1.82) is 5.26 Å². The van der Waals surface area contributed by atoms with Crippen LogP contribution in [0, 0.1) is 25.2 Å². The van der Waals surface area contributed by atoms with Gasteiger partial charge >= 0.3 is 0 Å². The fourth-order valence-electron chi connectivity index (χ4n) is 2.96. The number of aromatic nitrogens is 3. The van der Waals surface area contributed by atoms with Gasteiger partial charge in [0, 0.05) is 37.2 Å². The topological polar surface area (TPSA) is 108 Å². The van der Waals surface area contributed by atoms with E-state index in [1.165, 1.54) is 11.1 Å². The quantitative estimate of drug-likeness (QED) is 0.744. The van der Waals surface area contributed by atoms with Crippen molar-refractivity contribution in [3.63, 3.8) is 0 Å². The summed E-state index contributed by atoms with van der Waals surface area (Å²) in [7, 11) is -1.53. The SMILES string of the molecule is Cc1nc2c(C#N)cnn2c(C)c1CCC(=O)N(C)C(C)CS(C)(=O)=O. The van der Waals surface area contributed by atoms with E-state index in [4.69, 9.17) is 5.26 Å². The Morgan fingerprint density at radius 1 is 1.42 bits per heavy atom. The van der Waals surface area contributed by atoms with E-state index in [0.717, 1.165) is 23.2 Å². The minimum atomic E-state index is -3.15. The highest BCUT2D eigenvalue weighted by Gasteiger charge is 2.21. The molecule has 8 nitrogen and oxygen atoms in total. The van der Waals surface area contributed by atoms with Crippen molar-refractivity contribution in [2.45, 2.75) is 39.7 Å². The fraction of sp³-hybridized carbons (Fsp3) is 0.529. The Morgan fingerprint density at radius 3 is 2.65 bits per heavy atom. The van der Waals surface area contributed by atoms with E-state index in [1.807, 2.05) is 13.8 Å². The Morgan fingerprint density at radius 2 is 2.08 bits per heavy atom. The van der Waals surface area contributed by atoms with Gasteiger partial charge in [-0.15, -0.1) is 0 Å². The van der Waals surface area contributed by atoms with E-state index >= 15 is 0 Å². The van der Waals surface area contributed by atoms with Gasteiger partial charge in [-0.2, -0.15) is 10.4 Å². The van der Waals surface area contributed by atoms with Crippen LogP contribution >= 0.6 is 0 Å². The molecule has 0 radical (unpaired) electrons. The van der Waals surface area contributed by atoms with Crippen LogP contribution in [0.15, 0.2) is 6.20 Å². The van der Waals surface area contributed by atoms with Crippen molar-refractivity contribution in [2.24, 2.45) is 0 Å². The standard InChI is InChI=1S/C17H23N5O3S/c1-11(10-26(5,24)25)21(4)16(23)7-6-15-12(2)20-17-14(8-18)9-19-22(17)13(15)3/h9,11H,6-7,10H2,1-5H3. The lowest BCUT2D eigenvalue weighted by Gasteiger charge is -2.24. The van der Waals surface area contributed by atoms with Crippen LogP contribution in [0.2, 0.25) is 0 Å². The minimum absolute atomic E-state index is 0.0645. The first-order valence-corrected chi connectivity index (χ1v) is 10.3. The number of nitrogens with zero attached hydrogens (tertiary/aromatic N) is 5. The van der Waals surface area contributed by atoms with E-state index in [-0.39, 0.29) is 24.1 Å². The number of amides is 1. The molecule has 1 atom stereocenters. The molecular weight excluding hydrogens is 354 g/mol. The Hall–Kier alpha value is -2.47. The summed E-state index contributed by atoms with van der Waals surface area (Å²) in [4.78, 5) is 18.3. The van der Waals surface area contributed by atoms with E-state index in [2.05, 4.69) is 16.2 Å². The molecular formula is C17H23N5O3S.